The highest BCUT2D eigenvalue weighted by molar-refractivity contribution is 5.69. The number of ether oxygens (including phenoxy) is 1. The fourth-order valence-corrected chi connectivity index (χ4v) is 5.66. The van der Waals surface area contributed by atoms with Crippen LogP contribution in [0.2, 0.25) is 0 Å². The average molecular weight is 567 g/mol. The van der Waals surface area contributed by atoms with Crippen LogP contribution in [0.5, 0.6) is 0 Å². The minimum atomic E-state index is -0.690. The molecule has 0 bridgehead atoms. The molecule has 0 spiro atoms. The molecule has 40 heavy (non-hydrogen) atoms. The van der Waals surface area contributed by atoms with Crippen molar-refractivity contribution in [2.24, 2.45) is 0 Å². The highest BCUT2D eigenvalue weighted by atomic mass is 16.5. The summed E-state index contributed by atoms with van der Waals surface area (Å²) >= 11 is 0. The van der Waals surface area contributed by atoms with E-state index in [0.29, 0.717) is 6.42 Å². The molecule has 0 aliphatic carbocycles. The zero-order valence-electron chi connectivity index (χ0n) is 27.2. The first-order chi connectivity index (χ1) is 19.6. The Morgan fingerprint density at radius 2 is 0.750 bits per heavy atom. The largest absolute Gasteiger partial charge is 0.481 e. The fourth-order valence-electron chi connectivity index (χ4n) is 5.66. The van der Waals surface area contributed by atoms with Crippen molar-refractivity contribution in [2.75, 3.05) is 0 Å². The normalized spacial score (nSPS) is 12.1. The molecule has 4 heteroatoms. The summed E-state index contributed by atoms with van der Waals surface area (Å²) in [7, 11) is 0. The molecule has 0 aromatic rings. The van der Waals surface area contributed by atoms with Gasteiger partial charge in [0.2, 0.25) is 0 Å². The molecule has 0 saturated heterocycles. The maximum absolute atomic E-state index is 12.6. The van der Waals surface area contributed by atoms with Gasteiger partial charge in [-0.15, -0.1) is 0 Å². The van der Waals surface area contributed by atoms with E-state index in [1.807, 2.05) is 0 Å². The molecule has 4 nitrogen and oxygen atoms in total. The summed E-state index contributed by atoms with van der Waals surface area (Å²) in [5.74, 6) is -0.675. The molecule has 0 saturated carbocycles. The van der Waals surface area contributed by atoms with Gasteiger partial charge in [0.05, 0.1) is 0 Å². The maximum Gasteiger partial charge on any atom is 0.306 e. The molecule has 0 fully saturated rings. The number of carboxylic acids is 1. The lowest BCUT2D eigenvalue weighted by Crippen LogP contribution is -2.18. The monoisotopic (exact) mass is 567 g/mol. The maximum atomic E-state index is 12.6. The van der Waals surface area contributed by atoms with Crippen LogP contribution in [0.15, 0.2) is 0 Å². The lowest BCUT2D eigenvalue weighted by molar-refractivity contribution is -0.150. The number of unbranched alkanes of at least 4 members (excludes halogenated alkanes) is 24. The lowest BCUT2D eigenvalue weighted by atomic mass is 10.0. The fraction of sp³-hybridized carbons (Fsp3) is 0.944. The summed E-state index contributed by atoms with van der Waals surface area (Å²) < 4.78 is 5.99. The summed E-state index contributed by atoms with van der Waals surface area (Å²) in [5, 5.41) is 8.76. The number of hydrogen-bond acceptors (Lipinski definition) is 3. The van der Waals surface area contributed by atoms with Crippen molar-refractivity contribution in [3.8, 4) is 0 Å². The van der Waals surface area contributed by atoms with E-state index in [0.717, 1.165) is 64.2 Å². The third-order valence-corrected chi connectivity index (χ3v) is 8.33. The van der Waals surface area contributed by atoms with E-state index in [1.165, 1.54) is 122 Å². The van der Waals surface area contributed by atoms with E-state index < -0.39 is 5.97 Å². The zero-order valence-corrected chi connectivity index (χ0v) is 27.2. The van der Waals surface area contributed by atoms with Crippen LogP contribution < -0.4 is 0 Å². The quantitative estimate of drug-likeness (QED) is 0.0633. The predicted molar refractivity (Wildman–Crippen MR) is 172 cm³/mol. The molecule has 0 aromatic carbocycles. The molecule has 0 rings (SSSR count). The van der Waals surface area contributed by atoms with Gasteiger partial charge in [-0.3, -0.25) is 9.59 Å². The Labute approximate surface area is 250 Å². The minimum Gasteiger partial charge on any atom is -0.481 e. The van der Waals surface area contributed by atoms with Gasteiger partial charge in [0.15, 0.2) is 0 Å². The summed E-state index contributed by atoms with van der Waals surface area (Å²) in [6, 6.07) is 0. The van der Waals surface area contributed by atoms with Crippen LogP contribution >= 0.6 is 0 Å². The van der Waals surface area contributed by atoms with Crippen molar-refractivity contribution in [2.45, 2.75) is 219 Å². The Morgan fingerprint density at radius 3 is 1.10 bits per heavy atom. The predicted octanol–water partition coefficient (Wildman–Crippen LogP) is 12.1. The van der Waals surface area contributed by atoms with Crippen LogP contribution in [0.3, 0.4) is 0 Å². The summed E-state index contributed by atoms with van der Waals surface area (Å²) in [5.41, 5.74) is 0. The number of aliphatic carboxylic acids is 1. The molecule has 0 amide bonds. The van der Waals surface area contributed by atoms with Crippen molar-refractivity contribution < 1.29 is 19.4 Å². The van der Waals surface area contributed by atoms with E-state index in [1.54, 1.807) is 0 Å². The number of carbonyl (C=O) groups is 2. The zero-order chi connectivity index (χ0) is 29.4. The molecule has 0 radical (unpaired) electrons. The van der Waals surface area contributed by atoms with E-state index in [2.05, 4.69) is 13.8 Å². The van der Waals surface area contributed by atoms with Gasteiger partial charge in [-0.1, -0.05) is 162 Å². The molecule has 0 aromatic heterocycles. The highest BCUT2D eigenvalue weighted by Gasteiger charge is 2.14. The first-order valence-corrected chi connectivity index (χ1v) is 18.0. The van der Waals surface area contributed by atoms with Crippen molar-refractivity contribution in [1.29, 1.82) is 0 Å². The molecule has 0 aliphatic rings. The molecule has 1 unspecified atom stereocenters. The van der Waals surface area contributed by atoms with Crippen molar-refractivity contribution in [3.63, 3.8) is 0 Å². The van der Waals surface area contributed by atoms with Crippen molar-refractivity contribution >= 4 is 11.9 Å². The number of carbonyl (C=O) groups excluding carboxylic acids is 1. The third kappa shape index (κ3) is 31.5. The highest BCUT2D eigenvalue weighted by Crippen LogP contribution is 2.19. The second-order valence-corrected chi connectivity index (χ2v) is 12.4. The molecule has 0 heterocycles. The van der Waals surface area contributed by atoms with Gasteiger partial charge in [0.25, 0.3) is 0 Å². The SMILES string of the molecule is CCCCCCCCCCCCCC(=O)OC(CCCCCCCCCCCC)CCCCCCCCC(=O)O. The van der Waals surface area contributed by atoms with Crippen LogP contribution in [0.4, 0.5) is 0 Å². The standard InChI is InChI=1S/C36H70O4/c1-3-5-7-9-11-13-15-17-19-25-29-33-36(39)40-34(31-27-23-20-21-24-28-32-35(37)38)30-26-22-18-16-14-12-10-8-6-4-2/h34H,3-33H2,1-2H3,(H,37,38). The molecule has 0 aliphatic heterocycles. The lowest BCUT2D eigenvalue weighted by Gasteiger charge is -2.18. The van der Waals surface area contributed by atoms with Gasteiger partial charge < -0.3 is 9.84 Å². The van der Waals surface area contributed by atoms with E-state index in [9.17, 15) is 9.59 Å². The first-order valence-electron chi connectivity index (χ1n) is 18.0. The van der Waals surface area contributed by atoms with Gasteiger partial charge in [-0.05, 0) is 38.5 Å². The Morgan fingerprint density at radius 1 is 0.450 bits per heavy atom. The molecule has 238 valence electrons. The summed E-state index contributed by atoms with van der Waals surface area (Å²) in [6.07, 6.45) is 36.8. The number of hydrogen-bond donors (Lipinski definition) is 1. The van der Waals surface area contributed by atoms with Crippen LogP contribution in [-0.2, 0) is 14.3 Å². The number of carboxylic acid groups (broad SMARTS) is 1. The van der Waals surface area contributed by atoms with E-state index >= 15 is 0 Å². The van der Waals surface area contributed by atoms with Crippen LogP contribution in [-0.4, -0.2) is 23.1 Å². The van der Waals surface area contributed by atoms with Crippen LogP contribution in [0.1, 0.15) is 213 Å². The number of esters is 1. The minimum absolute atomic E-state index is 0.0154. The number of rotatable bonds is 33. The Kier molecular flexibility index (Phi) is 31.6. The Balaban J connectivity index is 4.04. The second kappa shape index (κ2) is 32.5. The Hall–Kier alpha value is -1.06. The smallest absolute Gasteiger partial charge is 0.306 e. The molecular formula is C36H70O4. The third-order valence-electron chi connectivity index (χ3n) is 8.33. The topological polar surface area (TPSA) is 63.6 Å². The van der Waals surface area contributed by atoms with Gasteiger partial charge in [-0.2, -0.15) is 0 Å². The van der Waals surface area contributed by atoms with Crippen LogP contribution in [0.25, 0.3) is 0 Å². The summed E-state index contributed by atoms with van der Waals surface area (Å²) in [6.45, 7) is 4.54. The van der Waals surface area contributed by atoms with Crippen molar-refractivity contribution in [3.05, 3.63) is 0 Å². The molecule has 1 N–H and O–H groups in total. The molecule has 1 atom stereocenters. The average Bonchev–Trinajstić information content (AvgIpc) is 2.93. The van der Waals surface area contributed by atoms with Gasteiger partial charge in [0, 0.05) is 12.8 Å². The molecular weight excluding hydrogens is 496 g/mol. The van der Waals surface area contributed by atoms with E-state index in [4.69, 9.17) is 9.84 Å². The van der Waals surface area contributed by atoms with Gasteiger partial charge in [-0.25, -0.2) is 0 Å². The van der Waals surface area contributed by atoms with Crippen LogP contribution in [0, 0.1) is 0 Å². The van der Waals surface area contributed by atoms with Gasteiger partial charge >= 0.3 is 11.9 Å². The second-order valence-electron chi connectivity index (χ2n) is 12.4. The summed E-state index contributed by atoms with van der Waals surface area (Å²) in [4.78, 5) is 23.2. The van der Waals surface area contributed by atoms with E-state index in [-0.39, 0.29) is 18.5 Å². The Bertz CT molecular complexity index is 533. The van der Waals surface area contributed by atoms with Gasteiger partial charge in [0.1, 0.15) is 6.10 Å². The first kappa shape index (κ1) is 38.9. The van der Waals surface area contributed by atoms with Crippen molar-refractivity contribution in [1.82, 2.24) is 0 Å².